The van der Waals surface area contributed by atoms with Crippen LogP contribution in [-0.2, 0) is 17.8 Å². The van der Waals surface area contributed by atoms with Crippen LogP contribution in [0.3, 0.4) is 0 Å². The first kappa shape index (κ1) is 22.0. The predicted octanol–water partition coefficient (Wildman–Crippen LogP) is 4.69. The first-order valence-corrected chi connectivity index (χ1v) is 11.4. The SMILES string of the molecule is CCc1cc2c(=O)n(-c3cccc(Cl)c3)c(=O)n(CC(=O)Nc3c(C)cccc3C)c2s1. The molecule has 0 radical (unpaired) electrons. The minimum absolute atomic E-state index is 0.215. The van der Waals surface area contributed by atoms with Gasteiger partial charge in [-0.15, -0.1) is 11.3 Å². The number of amides is 1. The molecular formula is C24H22ClN3O3S. The van der Waals surface area contributed by atoms with Gasteiger partial charge >= 0.3 is 5.69 Å². The number of hydrogen-bond donors (Lipinski definition) is 1. The number of benzene rings is 2. The predicted molar refractivity (Wildman–Crippen MR) is 131 cm³/mol. The number of hydrogen-bond acceptors (Lipinski definition) is 4. The van der Waals surface area contributed by atoms with Crippen molar-refractivity contribution in [3.63, 3.8) is 0 Å². The Morgan fingerprint density at radius 3 is 2.41 bits per heavy atom. The van der Waals surface area contributed by atoms with E-state index in [-0.39, 0.29) is 12.5 Å². The second-order valence-corrected chi connectivity index (χ2v) is 9.14. The maximum Gasteiger partial charge on any atom is 0.337 e. The number of rotatable bonds is 5. The molecule has 1 N–H and O–H groups in total. The summed E-state index contributed by atoms with van der Waals surface area (Å²) in [5.74, 6) is -0.339. The molecule has 8 heteroatoms. The number of carbonyl (C=O) groups is 1. The van der Waals surface area contributed by atoms with Crippen LogP contribution < -0.4 is 16.6 Å². The molecule has 0 fully saturated rings. The summed E-state index contributed by atoms with van der Waals surface area (Å²) in [5, 5.41) is 3.74. The van der Waals surface area contributed by atoms with Crippen molar-refractivity contribution in [2.24, 2.45) is 0 Å². The molecular weight excluding hydrogens is 446 g/mol. The normalized spacial score (nSPS) is 11.1. The lowest BCUT2D eigenvalue weighted by molar-refractivity contribution is -0.116. The number of nitrogens with zero attached hydrogens (tertiary/aromatic N) is 2. The molecule has 4 aromatic rings. The van der Waals surface area contributed by atoms with Crippen LogP contribution in [0.1, 0.15) is 22.9 Å². The average Bonchev–Trinajstić information content (AvgIpc) is 3.19. The van der Waals surface area contributed by atoms with Crippen LogP contribution in [0.25, 0.3) is 15.9 Å². The summed E-state index contributed by atoms with van der Waals surface area (Å²) in [4.78, 5) is 41.1. The first-order chi connectivity index (χ1) is 15.3. The third-order valence-corrected chi connectivity index (χ3v) is 6.86. The molecule has 32 heavy (non-hydrogen) atoms. The zero-order valence-corrected chi connectivity index (χ0v) is 19.5. The van der Waals surface area contributed by atoms with Crippen LogP contribution in [0.15, 0.2) is 58.1 Å². The highest BCUT2D eigenvalue weighted by molar-refractivity contribution is 7.18. The van der Waals surface area contributed by atoms with Gasteiger partial charge in [-0.1, -0.05) is 42.8 Å². The number of thiophene rings is 1. The van der Waals surface area contributed by atoms with Crippen molar-refractivity contribution in [2.45, 2.75) is 33.7 Å². The molecule has 0 bridgehead atoms. The Morgan fingerprint density at radius 1 is 1.06 bits per heavy atom. The Hall–Kier alpha value is -3.16. The maximum absolute atomic E-state index is 13.4. The zero-order valence-electron chi connectivity index (χ0n) is 17.9. The minimum atomic E-state index is -0.578. The van der Waals surface area contributed by atoms with Crippen molar-refractivity contribution in [2.75, 3.05) is 5.32 Å². The Morgan fingerprint density at radius 2 is 1.75 bits per heavy atom. The minimum Gasteiger partial charge on any atom is -0.324 e. The summed E-state index contributed by atoms with van der Waals surface area (Å²) in [6, 6.07) is 14.1. The second-order valence-electron chi connectivity index (χ2n) is 7.59. The quantitative estimate of drug-likeness (QED) is 0.463. The molecule has 1 amide bonds. The monoisotopic (exact) mass is 467 g/mol. The molecule has 2 aromatic heterocycles. The van der Waals surface area contributed by atoms with Crippen molar-refractivity contribution < 1.29 is 4.79 Å². The number of halogens is 1. The summed E-state index contributed by atoms with van der Waals surface area (Å²) in [5.41, 5.74) is 1.96. The number of fused-ring (bicyclic) bond motifs is 1. The molecule has 0 spiro atoms. The van der Waals surface area contributed by atoms with Crippen LogP contribution in [0.2, 0.25) is 5.02 Å². The third-order valence-electron chi connectivity index (χ3n) is 5.33. The third kappa shape index (κ3) is 4.01. The highest BCUT2D eigenvalue weighted by Gasteiger charge is 2.19. The van der Waals surface area contributed by atoms with Crippen LogP contribution in [-0.4, -0.2) is 15.0 Å². The molecule has 0 saturated heterocycles. The lowest BCUT2D eigenvalue weighted by Gasteiger charge is -2.14. The summed E-state index contributed by atoms with van der Waals surface area (Å²) < 4.78 is 2.44. The first-order valence-electron chi connectivity index (χ1n) is 10.2. The molecule has 4 rings (SSSR count). The largest absolute Gasteiger partial charge is 0.337 e. The van der Waals surface area contributed by atoms with Gasteiger partial charge in [0.2, 0.25) is 5.91 Å². The summed E-state index contributed by atoms with van der Waals surface area (Å²) >= 11 is 7.46. The van der Waals surface area contributed by atoms with E-state index in [1.54, 1.807) is 30.3 Å². The van der Waals surface area contributed by atoms with E-state index in [0.717, 1.165) is 32.7 Å². The van der Waals surface area contributed by atoms with Crippen LogP contribution in [0.5, 0.6) is 0 Å². The smallest absolute Gasteiger partial charge is 0.324 e. The van der Waals surface area contributed by atoms with Gasteiger partial charge in [0.25, 0.3) is 5.56 Å². The van der Waals surface area contributed by atoms with Gasteiger partial charge in [0.1, 0.15) is 11.4 Å². The van der Waals surface area contributed by atoms with E-state index in [2.05, 4.69) is 5.32 Å². The summed E-state index contributed by atoms with van der Waals surface area (Å²) in [6.45, 7) is 5.60. The van der Waals surface area contributed by atoms with Crippen molar-refractivity contribution in [3.05, 3.63) is 90.4 Å². The van der Waals surface area contributed by atoms with Crippen molar-refractivity contribution >= 4 is 44.7 Å². The number of anilines is 1. The number of aryl methyl sites for hydroxylation is 3. The molecule has 0 atom stereocenters. The standard InChI is InChI=1S/C24H22ClN3O3S/c1-4-18-12-19-22(30)28(17-10-6-9-16(25)11-17)24(31)27(23(19)32-18)13-20(29)26-21-14(2)7-5-8-15(21)3/h5-12H,4,13H2,1-3H3,(H,26,29). The Balaban J connectivity index is 1.86. The topological polar surface area (TPSA) is 73.1 Å². The molecule has 2 aromatic carbocycles. The Labute approximate surface area is 193 Å². The van der Waals surface area contributed by atoms with Crippen LogP contribution >= 0.6 is 22.9 Å². The zero-order chi connectivity index (χ0) is 23.0. The van der Waals surface area contributed by atoms with Gasteiger partial charge in [-0.2, -0.15) is 0 Å². The van der Waals surface area contributed by atoms with Crippen LogP contribution in [0.4, 0.5) is 5.69 Å². The number of carbonyl (C=O) groups excluding carboxylic acids is 1. The van der Waals surface area contributed by atoms with Gasteiger partial charge in [-0.3, -0.25) is 14.2 Å². The van der Waals surface area contributed by atoms with Gasteiger partial charge in [-0.05, 0) is 55.7 Å². The molecule has 0 aliphatic heterocycles. The molecule has 0 unspecified atom stereocenters. The van der Waals surface area contributed by atoms with E-state index in [4.69, 9.17) is 11.6 Å². The lowest BCUT2D eigenvalue weighted by atomic mass is 10.1. The highest BCUT2D eigenvalue weighted by Crippen LogP contribution is 2.24. The number of nitrogens with one attached hydrogen (secondary N) is 1. The van der Waals surface area contributed by atoms with Crippen molar-refractivity contribution in [3.8, 4) is 5.69 Å². The summed E-state index contributed by atoms with van der Waals surface area (Å²) in [6.07, 6.45) is 0.721. The molecule has 0 aliphatic rings. The maximum atomic E-state index is 13.4. The van der Waals surface area contributed by atoms with E-state index in [1.165, 1.54) is 15.9 Å². The van der Waals surface area contributed by atoms with Crippen LogP contribution in [0, 0.1) is 13.8 Å². The molecule has 2 heterocycles. The second kappa shape index (κ2) is 8.76. The van der Waals surface area contributed by atoms with E-state index >= 15 is 0 Å². The fourth-order valence-electron chi connectivity index (χ4n) is 3.69. The van der Waals surface area contributed by atoms with Gasteiger partial charge in [0.05, 0.1) is 11.1 Å². The Bertz CT molecular complexity index is 1450. The molecule has 0 saturated carbocycles. The van der Waals surface area contributed by atoms with Gasteiger partial charge < -0.3 is 5.32 Å². The Kier molecular flexibility index (Phi) is 6.04. The van der Waals surface area contributed by atoms with Crippen molar-refractivity contribution in [1.29, 1.82) is 0 Å². The lowest BCUT2D eigenvalue weighted by Crippen LogP contribution is -2.40. The summed E-state index contributed by atoms with van der Waals surface area (Å²) in [7, 11) is 0. The fourth-order valence-corrected chi connectivity index (χ4v) is 4.95. The van der Waals surface area contributed by atoms with Gasteiger partial charge in [0.15, 0.2) is 0 Å². The van der Waals surface area contributed by atoms with Crippen molar-refractivity contribution in [1.82, 2.24) is 9.13 Å². The fraction of sp³-hybridized carbons (Fsp3) is 0.208. The molecule has 164 valence electrons. The number of aromatic nitrogens is 2. The molecule has 0 aliphatic carbocycles. The van der Waals surface area contributed by atoms with Gasteiger partial charge in [-0.25, -0.2) is 9.36 Å². The van der Waals surface area contributed by atoms with E-state index in [1.807, 2.05) is 39.0 Å². The van der Waals surface area contributed by atoms with E-state index in [0.29, 0.717) is 20.9 Å². The van der Waals surface area contributed by atoms with E-state index in [9.17, 15) is 14.4 Å². The van der Waals surface area contributed by atoms with Gasteiger partial charge in [0, 0.05) is 15.6 Å². The van der Waals surface area contributed by atoms with E-state index < -0.39 is 11.2 Å². The average molecular weight is 468 g/mol. The number of para-hydroxylation sites is 1. The molecule has 6 nitrogen and oxygen atoms in total. The highest BCUT2D eigenvalue weighted by atomic mass is 35.5.